The summed E-state index contributed by atoms with van der Waals surface area (Å²) in [5.41, 5.74) is 1.75. The van der Waals surface area contributed by atoms with Gasteiger partial charge in [0.05, 0.1) is 21.5 Å². The summed E-state index contributed by atoms with van der Waals surface area (Å²) in [4.78, 5) is 28.3. The zero-order chi connectivity index (χ0) is 20.4. The monoisotopic (exact) mass is 447 g/mol. The fraction of sp³-hybridized carbons (Fsp3) is 0. The molecular weight excluding hydrogens is 434 g/mol. The van der Waals surface area contributed by atoms with Crippen molar-refractivity contribution in [2.75, 3.05) is 0 Å². The molecule has 0 radical (unpaired) electrons. The lowest BCUT2D eigenvalue weighted by atomic mass is 10.2. The maximum atomic E-state index is 13.2. The number of non-ortho nitro benzene ring substituents is 1. The van der Waals surface area contributed by atoms with E-state index in [0.29, 0.717) is 22.4 Å². The lowest BCUT2D eigenvalue weighted by molar-refractivity contribution is -0.384. The second kappa shape index (κ2) is 7.81. The van der Waals surface area contributed by atoms with Crippen molar-refractivity contribution in [2.24, 2.45) is 0 Å². The van der Waals surface area contributed by atoms with Gasteiger partial charge < -0.3 is 0 Å². The van der Waals surface area contributed by atoms with Gasteiger partial charge in [-0.25, -0.2) is 4.98 Å². The predicted molar refractivity (Wildman–Crippen MR) is 117 cm³/mol. The summed E-state index contributed by atoms with van der Waals surface area (Å²) >= 11 is 3.50. The number of rotatable bonds is 4. The lowest BCUT2D eigenvalue weighted by Gasteiger charge is -2.11. The topological polar surface area (TPSA) is 78.0 Å². The van der Waals surface area contributed by atoms with Crippen LogP contribution in [0.2, 0.25) is 0 Å². The summed E-state index contributed by atoms with van der Waals surface area (Å²) in [6, 6.07) is 20.7. The third kappa shape index (κ3) is 3.72. The van der Waals surface area contributed by atoms with Crippen molar-refractivity contribution in [3.8, 4) is 5.69 Å². The largest absolute Gasteiger partial charge is 0.269 e. The van der Waals surface area contributed by atoms with E-state index in [1.807, 2.05) is 36.4 Å². The van der Waals surface area contributed by atoms with Gasteiger partial charge in [-0.1, -0.05) is 52.3 Å². The van der Waals surface area contributed by atoms with E-state index < -0.39 is 4.92 Å². The molecule has 29 heavy (non-hydrogen) atoms. The van der Waals surface area contributed by atoms with Gasteiger partial charge in [-0.15, -0.1) is 0 Å². The first-order valence-electron chi connectivity index (χ1n) is 8.74. The molecule has 0 fully saturated rings. The van der Waals surface area contributed by atoms with Crippen molar-refractivity contribution in [1.29, 1.82) is 0 Å². The van der Waals surface area contributed by atoms with Crippen LogP contribution < -0.4 is 5.56 Å². The number of nitro groups is 1. The fourth-order valence-electron chi connectivity index (χ4n) is 3.01. The standard InChI is InChI=1S/C22H14BrN3O3/c23-19-7-3-1-5-15(19)9-14-21-24-20-8-4-2-6-18(20)22(27)25(21)16-10-12-17(13-11-16)26(28)29/h1-14H/b14-9+. The Labute approximate surface area is 174 Å². The van der Waals surface area contributed by atoms with E-state index in [1.54, 1.807) is 36.4 Å². The lowest BCUT2D eigenvalue weighted by Crippen LogP contribution is -2.22. The number of hydrogen-bond donors (Lipinski definition) is 0. The highest BCUT2D eigenvalue weighted by molar-refractivity contribution is 9.10. The molecule has 0 amide bonds. The van der Waals surface area contributed by atoms with Gasteiger partial charge in [0.25, 0.3) is 11.2 Å². The van der Waals surface area contributed by atoms with Crippen LogP contribution in [0.5, 0.6) is 0 Å². The molecule has 7 heteroatoms. The molecule has 0 N–H and O–H groups in total. The maximum Gasteiger partial charge on any atom is 0.269 e. The molecule has 6 nitrogen and oxygen atoms in total. The molecule has 142 valence electrons. The Kier molecular flexibility index (Phi) is 5.05. The molecule has 1 heterocycles. The fourth-order valence-corrected chi connectivity index (χ4v) is 3.43. The van der Waals surface area contributed by atoms with Gasteiger partial charge in [0.15, 0.2) is 0 Å². The zero-order valence-electron chi connectivity index (χ0n) is 15.0. The molecule has 3 aromatic carbocycles. The van der Waals surface area contributed by atoms with Gasteiger partial charge in [-0.05, 0) is 42.0 Å². The van der Waals surface area contributed by atoms with Gasteiger partial charge in [-0.2, -0.15) is 0 Å². The van der Waals surface area contributed by atoms with Gasteiger partial charge >= 0.3 is 0 Å². The van der Waals surface area contributed by atoms with Gasteiger partial charge in [0, 0.05) is 16.6 Å². The first-order chi connectivity index (χ1) is 14.0. The normalized spacial score (nSPS) is 11.2. The summed E-state index contributed by atoms with van der Waals surface area (Å²) in [7, 11) is 0. The van der Waals surface area contributed by atoms with Crippen molar-refractivity contribution < 1.29 is 4.92 Å². The minimum absolute atomic E-state index is 0.0409. The van der Waals surface area contributed by atoms with Crippen LogP contribution in [0.4, 0.5) is 5.69 Å². The van der Waals surface area contributed by atoms with Crippen LogP contribution in [0, 0.1) is 10.1 Å². The molecular formula is C22H14BrN3O3. The average Bonchev–Trinajstić information content (AvgIpc) is 2.73. The number of halogens is 1. The molecule has 0 unspecified atom stereocenters. The molecule has 0 aliphatic rings. The SMILES string of the molecule is O=c1c2ccccc2nc(/C=C/c2ccccc2Br)n1-c1ccc([N+](=O)[O-])cc1. The smallest absolute Gasteiger partial charge is 0.268 e. The maximum absolute atomic E-state index is 13.2. The van der Waals surface area contributed by atoms with Crippen molar-refractivity contribution in [3.63, 3.8) is 0 Å². The number of benzene rings is 3. The summed E-state index contributed by atoms with van der Waals surface area (Å²) in [5, 5.41) is 11.4. The molecule has 4 rings (SSSR count). The minimum Gasteiger partial charge on any atom is -0.268 e. The minimum atomic E-state index is -0.473. The predicted octanol–water partition coefficient (Wildman–Crippen LogP) is 5.23. The number of nitro benzene ring substituents is 1. The van der Waals surface area contributed by atoms with Crippen LogP contribution in [0.1, 0.15) is 11.4 Å². The van der Waals surface area contributed by atoms with E-state index in [4.69, 9.17) is 0 Å². The first kappa shape index (κ1) is 18.8. The van der Waals surface area contributed by atoms with E-state index in [0.717, 1.165) is 10.0 Å². The van der Waals surface area contributed by atoms with E-state index in [9.17, 15) is 14.9 Å². The van der Waals surface area contributed by atoms with Crippen molar-refractivity contribution >= 4 is 44.7 Å². The molecule has 0 atom stereocenters. The summed E-state index contributed by atoms with van der Waals surface area (Å²) < 4.78 is 2.38. The molecule has 0 saturated carbocycles. The van der Waals surface area contributed by atoms with Crippen molar-refractivity contribution in [3.05, 3.63) is 109 Å². The Hall–Kier alpha value is -3.58. The number of aromatic nitrogens is 2. The Bertz CT molecular complexity index is 1310. The summed E-state index contributed by atoms with van der Waals surface area (Å²) in [5.74, 6) is 0.429. The van der Waals surface area contributed by atoms with Crippen LogP contribution >= 0.6 is 15.9 Å². The molecule has 0 saturated heterocycles. The molecule has 0 aliphatic heterocycles. The molecule has 0 bridgehead atoms. The quantitative estimate of drug-likeness (QED) is 0.317. The second-order valence-electron chi connectivity index (χ2n) is 6.26. The highest BCUT2D eigenvalue weighted by Gasteiger charge is 2.12. The first-order valence-corrected chi connectivity index (χ1v) is 9.53. The average molecular weight is 448 g/mol. The molecule has 4 aromatic rings. The molecule has 1 aromatic heterocycles. The van der Waals surface area contributed by atoms with E-state index in [2.05, 4.69) is 20.9 Å². The molecule has 0 spiro atoms. The van der Waals surface area contributed by atoms with Crippen LogP contribution in [0.3, 0.4) is 0 Å². The summed E-state index contributed by atoms with van der Waals surface area (Å²) in [6.45, 7) is 0. The van der Waals surface area contributed by atoms with Gasteiger partial charge in [-0.3, -0.25) is 19.5 Å². The van der Waals surface area contributed by atoms with E-state index >= 15 is 0 Å². The Morgan fingerprint density at radius 1 is 0.931 bits per heavy atom. The van der Waals surface area contributed by atoms with E-state index in [1.165, 1.54) is 16.7 Å². The highest BCUT2D eigenvalue weighted by Crippen LogP contribution is 2.21. The Balaban J connectivity index is 1.92. The summed E-state index contributed by atoms with van der Waals surface area (Å²) in [6.07, 6.45) is 3.62. The van der Waals surface area contributed by atoms with Crippen LogP contribution in [-0.2, 0) is 0 Å². The highest BCUT2D eigenvalue weighted by atomic mass is 79.9. The third-order valence-electron chi connectivity index (χ3n) is 4.44. The Morgan fingerprint density at radius 2 is 1.62 bits per heavy atom. The number of fused-ring (bicyclic) bond motifs is 1. The number of para-hydroxylation sites is 1. The van der Waals surface area contributed by atoms with Crippen molar-refractivity contribution in [1.82, 2.24) is 9.55 Å². The van der Waals surface area contributed by atoms with Crippen molar-refractivity contribution in [2.45, 2.75) is 0 Å². The van der Waals surface area contributed by atoms with Crippen LogP contribution in [-0.4, -0.2) is 14.5 Å². The molecule has 0 aliphatic carbocycles. The van der Waals surface area contributed by atoms with Crippen LogP contribution in [0.15, 0.2) is 82.1 Å². The second-order valence-corrected chi connectivity index (χ2v) is 7.11. The zero-order valence-corrected chi connectivity index (χ0v) is 16.6. The van der Waals surface area contributed by atoms with Gasteiger partial charge in [0.1, 0.15) is 5.82 Å². The van der Waals surface area contributed by atoms with Crippen LogP contribution in [0.25, 0.3) is 28.7 Å². The number of hydrogen-bond acceptors (Lipinski definition) is 4. The van der Waals surface area contributed by atoms with Gasteiger partial charge in [0.2, 0.25) is 0 Å². The Morgan fingerprint density at radius 3 is 2.34 bits per heavy atom. The third-order valence-corrected chi connectivity index (χ3v) is 5.16. The van der Waals surface area contributed by atoms with E-state index in [-0.39, 0.29) is 11.2 Å². The number of nitrogens with zero attached hydrogens (tertiary/aromatic N) is 3.